The summed E-state index contributed by atoms with van der Waals surface area (Å²) in [6.07, 6.45) is 2.89. The lowest BCUT2D eigenvalue weighted by molar-refractivity contribution is 1.15. The predicted molar refractivity (Wildman–Crippen MR) is 49.3 cm³/mol. The van der Waals surface area contributed by atoms with Gasteiger partial charge in [0.25, 0.3) is 0 Å². The van der Waals surface area contributed by atoms with Gasteiger partial charge in [0.15, 0.2) is 0 Å². The van der Waals surface area contributed by atoms with Crippen LogP contribution in [0.5, 0.6) is 0 Å². The summed E-state index contributed by atoms with van der Waals surface area (Å²) in [5.74, 6) is 0. The number of rotatable bonds is 1. The molecule has 12 heavy (non-hydrogen) atoms. The first-order valence-corrected chi connectivity index (χ1v) is 5.01. The van der Waals surface area contributed by atoms with E-state index in [1.165, 1.54) is 11.5 Å². The summed E-state index contributed by atoms with van der Waals surface area (Å²) in [5.41, 5.74) is 0.898. The second-order valence-corrected chi connectivity index (χ2v) is 4.53. The van der Waals surface area contributed by atoms with Gasteiger partial charge >= 0.3 is 0 Å². The molecule has 2 rings (SSSR count). The molecule has 0 saturated carbocycles. The van der Waals surface area contributed by atoms with Crippen molar-refractivity contribution in [1.29, 1.82) is 0 Å². The average Bonchev–Trinajstić information content (AvgIpc) is 2.58. The summed E-state index contributed by atoms with van der Waals surface area (Å²) < 4.78 is 3.85. The Kier molecular flexibility index (Phi) is 1.90. The van der Waals surface area contributed by atoms with E-state index in [0.717, 1.165) is 20.5 Å². The van der Waals surface area contributed by atoms with Crippen molar-refractivity contribution < 1.29 is 0 Å². The zero-order valence-electron chi connectivity index (χ0n) is 6.66. The Balaban J connectivity index is 2.50. The maximum Gasteiger partial charge on any atom is 0.146 e. The van der Waals surface area contributed by atoms with Gasteiger partial charge in [-0.2, -0.15) is 0 Å². The van der Waals surface area contributed by atoms with Crippen molar-refractivity contribution in [3.8, 4) is 10.7 Å². The molecule has 0 aliphatic carbocycles. The van der Waals surface area contributed by atoms with E-state index < -0.39 is 0 Å². The summed E-state index contributed by atoms with van der Waals surface area (Å²) in [6.45, 7) is 3.98. The first-order chi connectivity index (χ1) is 5.77. The van der Waals surface area contributed by atoms with Gasteiger partial charge in [-0.3, -0.25) is 0 Å². The van der Waals surface area contributed by atoms with Crippen molar-refractivity contribution in [2.75, 3.05) is 0 Å². The Morgan fingerprint density at radius 1 is 1.33 bits per heavy atom. The first kappa shape index (κ1) is 7.82. The van der Waals surface area contributed by atoms with E-state index in [0.29, 0.717) is 0 Å². The van der Waals surface area contributed by atoms with Gasteiger partial charge in [0, 0.05) is 4.88 Å². The molecule has 0 spiro atoms. The third-order valence-electron chi connectivity index (χ3n) is 1.42. The Bertz CT molecular complexity index is 391. The zero-order valence-corrected chi connectivity index (χ0v) is 8.29. The molecule has 2 aromatic heterocycles. The highest BCUT2D eigenvalue weighted by molar-refractivity contribution is 7.15. The average molecular weight is 196 g/mol. The summed E-state index contributed by atoms with van der Waals surface area (Å²) in [7, 11) is 0. The van der Waals surface area contributed by atoms with Crippen molar-refractivity contribution >= 4 is 22.9 Å². The van der Waals surface area contributed by atoms with Crippen LogP contribution < -0.4 is 0 Å². The van der Waals surface area contributed by atoms with E-state index in [4.69, 9.17) is 0 Å². The Morgan fingerprint density at radius 3 is 2.67 bits per heavy atom. The van der Waals surface area contributed by atoms with E-state index in [1.807, 2.05) is 13.8 Å². The standard InChI is InChI=1S/C7H6N3S2/c1-4-3-8-7(11-4)6-5(2)12-10-9-6/h1-2H3. The minimum atomic E-state index is 0.898. The van der Waals surface area contributed by atoms with Crippen LogP contribution in [0.15, 0.2) is 0 Å². The van der Waals surface area contributed by atoms with Crippen molar-refractivity contribution in [1.82, 2.24) is 14.6 Å². The Morgan fingerprint density at radius 2 is 2.17 bits per heavy atom. The van der Waals surface area contributed by atoms with Crippen LogP contribution in [0.1, 0.15) is 9.75 Å². The number of aromatic nitrogens is 3. The predicted octanol–water partition coefficient (Wildman–Crippen LogP) is 2.08. The molecule has 0 amide bonds. The molecule has 2 heterocycles. The van der Waals surface area contributed by atoms with Crippen molar-refractivity contribution in [3.63, 3.8) is 0 Å². The number of hydrogen-bond acceptors (Lipinski definition) is 5. The fourth-order valence-corrected chi connectivity index (χ4v) is 2.15. The molecule has 0 aliphatic heterocycles. The molecule has 0 bridgehead atoms. The van der Waals surface area contributed by atoms with Gasteiger partial charge < -0.3 is 0 Å². The molecular formula is C7H6N3S2. The van der Waals surface area contributed by atoms with Gasteiger partial charge in [0.1, 0.15) is 16.9 Å². The fraction of sp³-hybridized carbons (Fsp3) is 0.286. The summed E-state index contributed by atoms with van der Waals surface area (Å²) in [5, 5.41) is 4.91. The third kappa shape index (κ3) is 1.25. The number of hydrogen-bond donors (Lipinski definition) is 0. The van der Waals surface area contributed by atoms with Crippen LogP contribution in [0.2, 0.25) is 0 Å². The minimum absolute atomic E-state index is 0.898. The highest BCUT2D eigenvalue weighted by atomic mass is 32.1. The summed E-state index contributed by atoms with van der Waals surface area (Å²) in [4.78, 5) is 6.31. The maximum absolute atomic E-state index is 4.12. The van der Waals surface area contributed by atoms with Crippen LogP contribution in [0, 0.1) is 20.0 Å². The second-order valence-electron chi connectivity index (χ2n) is 2.36. The molecule has 0 N–H and O–H groups in total. The van der Waals surface area contributed by atoms with Crippen LogP contribution in [0.3, 0.4) is 0 Å². The number of thiazole rings is 1. The van der Waals surface area contributed by atoms with Gasteiger partial charge in [-0.1, -0.05) is 4.49 Å². The van der Waals surface area contributed by atoms with E-state index >= 15 is 0 Å². The molecule has 0 fully saturated rings. The fourth-order valence-electron chi connectivity index (χ4n) is 0.851. The van der Waals surface area contributed by atoms with Gasteiger partial charge in [-0.25, -0.2) is 4.98 Å². The SMILES string of the molecule is Cc1[c]nc(-c2nnsc2C)s1. The topological polar surface area (TPSA) is 38.7 Å². The normalized spacial score (nSPS) is 10.5. The molecule has 61 valence electrons. The largest absolute Gasteiger partial charge is 0.232 e. The van der Waals surface area contributed by atoms with Crippen molar-refractivity contribution in [3.05, 3.63) is 16.0 Å². The van der Waals surface area contributed by atoms with Crippen LogP contribution in [0.25, 0.3) is 10.7 Å². The third-order valence-corrected chi connectivity index (χ3v) is 2.93. The smallest absolute Gasteiger partial charge is 0.146 e. The lowest BCUT2D eigenvalue weighted by Crippen LogP contribution is -1.77. The quantitative estimate of drug-likeness (QED) is 0.701. The zero-order chi connectivity index (χ0) is 8.55. The van der Waals surface area contributed by atoms with Crippen LogP contribution in [-0.4, -0.2) is 14.6 Å². The molecular weight excluding hydrogens is 190 g/mol. The number of aryl methyl sites for hydroxylation is 2. The second kappa shape index (κ2) is 2.91. The van der Waals surface area contributed by atoms with E-state index in [1.54, 1.807) is 11.3 Å². The van der Waals surface area contributed by atoms with Crippen LogP contribution >= 0.6 is 22.9 Å². The molecule has 0 saturated heterocycles. The molecule has 5 heteroatoms. The molecule has 0 aromatic carbocycles. The van der Waals surface area contributed by atoms with E-state index in [-0.39, 0.29) is 0 Å². The molecule has 0 aliphatic rings. The van der Waals surface area contributed by atoms with Crippen molar-refractivity contribution in [2.45, 2.75) is 13.8 Å². The molecule has 2 aromatic rings. The highest BCUT2D eigenvalue weighted by Gasteiger charge is 2.09. The van der Waals surface area contributed by atoms with Crippen molar-refractivity contribution in [2.24, 2.45) is 0 Å². The van der Waals surface area contributed by atoms with Gasteiger partial charge in [0.05, 0.1) is 4.88 Å². The molecule has 1 radical (unpaired) electrons. The monoisotopic (exact) mass is 196 g/mol. The van der Waals surface area contributed by atoms with Gasteiger partial charge in [-0.15, -0.1) is 16.4 Å². The first-order valence-electron chi connectivity index (χ1n) is 3.42. The Labute approximate surface area is 78.3 Å². The Hall–Kier alpha value is -0.810. The maximum atomic E-state index is 4.12. The van der Waals surface area contributed by atoms with Crippen LogP contribution in [0.4, 0.5) is 0 Å². The number of nitrogens with zero attached hydrogens (tertiary/aromatic N) is 3. The van der Waals surface area contributed by atoms with Crippen LogP contribution in [-0.2, 0) is 0 Å². The lowest BCUT2D eigenvalue weighted by Gasteiger charge is -1.86. The molecule has 0 atom stereocenters. The molecule has 0 unspecified atom stereocenters. The van der Waals surface area contributed by atoms with E-state index in [9.17, 15) is 0 Å². The van der Waals surface area contributed by atoms with Gasteiger partial charge in [0.2, 0.25) is 0 Å². The van der Waals surface area contributed by atoms with E-state index in [2.05, 4.69) is 20.8 Å². The minimum Gasteiger partial charge on any atom is -0.232 e. The summed E-state index contributed by atoms with van der Waals surface area (Å²) in [6, 6.07) is 0. The highest BCUT2D eigenvalue weighted by Crippen LogP contribution is 2.26. The summed E-state index contributed by atoms with van der Waals surface area (Å²) >= 11 is 3.00. The van der Waals surface area contributed by atoms with Gasteiger partial charge in [-0.05, 0) is 25.4 Å². The molecule has 3 nitrogen and oxygen atoms in total. The lowest BCUT2D eigenvalue weighted by atomic mass is 10.4.